The van der Waals surface area contributed by atoms with E-state index in [0.717, 1.165) is 21.5 Å². The van der Waals surface area contributed by atoms with Gasteiger partial charge >= 0.3 is 0 Å². The lowest BCUT2D eigenvalue weighted by atomic mass is 10.2. The molecule has 1 atom stereocenters. The van der Waals surface area contributed by atoms with Crippen molar-refractivity contribution in [1.82, 2.24) is 5.32 Å². The number of halogens is 1. The van der Waals surface area contributed by atoms with Crippen LogP contribution in [0.1, 0.15) is 12.5 Å². The maximum atomic E-state index is 8.91. The van der Waals surface area contributed by atoms with Crippen LogP contribution in [0, 0.1) is 0 Å². The van der Waals surface area contributed by atoms with Crippen molar-refractivity contribution in [3.05, 3.63) is 22.2 Å². The maximum absolute atomic E-state index is 8.91. The molecule has 88 valence electrons. The molecule has 2 N–H and O–H groups in total. The van der Waals surface area contributed by atoms with Gasteiger partial charge in [0, 0.05) is 12.6 Å². The molecule has 0 aliphatic carbocycles. The molecule has 1 aliphatic heterocycles. The molecule has 0 spiro atoms. The summed E-state index contributed by atoms with van der Waals surface area (Å²) >= 11 is 3.44. The van der Waals surface area contributed by atoms with Gasteiger partial charge in [-0.15, -0.1) is 0 Å². The quantitative estimate of drug-likeness (QED) is 0.884. The van der Waals surface area contributed by atoms with Gasteiger partial charge in [-0.1, -0.05) is 0 Å². The molecule has 0 aromatic heterocycles. The molecule has 1 aromatic carbocycles. The maximum Gasteiger partial charge on any atom is 0.231 e. The van der Waals surface area contributed by atoms with Gasteiger partial charge in [-0.2, -0.15) is 0 Å². The van der Waals surface area contributed by atoms with Crippen LogP contribution in [0.4, 0.5) is 0 Å². The number of benzene rings is 1. The summed E-state index contributed by atoms with van der Waals surface area (Å²) < 4.78 is 11.5. The van der Waals surface area contributed by atoms with E-state index in [-0.39, 0.29) is 19.4 Å². The highest BCUT2D eigenvalue weighted by molar-refractivity contribution is 9.10. The van der Waals surface area contributed by atoms with E-state index in [2.05, 4.69) is 21.2 Å². The van der Waals surface area contributed by atoms with Gasteiger partial charge < -0.3 is 19.9 Å². The van der Waals surface area contributed by atoms with Gasteiger partial charge in [0.15, 0.2) is 11.5 Å². The van der Waals surface area contributed by atoms with Gasteiger partial charge in [0.25, 0.3) is 0 Å². The normalized spacial score (nSPS) is 15.2. The Morgan fingerprint density at radius 3 is 3.06 bits per heavy atom. The molecular weight excluding hydrogens is 274 g/mol. The number of ether oxygens (including phenoxy) is 2. The van der Waals surface area contributed by atoms with Crippen LogP contribution < -0.4 is 14.8 Å². The lowest BCUT2D eigenvalue weighted by Crippen LogP contribution is -2.28. The molecular formula is C11H14BrNO3. The Bertz CT molecular complexity index is 384. The third kappa shape index (κ3) is 2.48. The fraction of sp³-hybridized carbons (Fsp3) is 0.455. The summed E-state index contributed by atoms with van der Waals surface area (Å²) in [6, 6.07) is 4.03. The van der Waals surface area contributed by atoms with Gasteiger partial charge in [-0.05, 0) is 40.5 Å². The first-order valence-corrected chi connectivity index (χ1v) is 5.92. The highest BCUT2D eigenvalue weighted by Gasteiger charge is 2.17. The molecule has 1 unspecified atom stereocenters. The van der Waals surface area contributed by atoms with E-state index in [1.165, 1.54) is 0 Å². The second kappa shape index (κ2) is 5.03. The molecule has 4 nitrogen and oxygen atoms in total. The number of aliphatic hydroxyl groups excluding tert-OH is 1. The number of nitrogens with one attached hydrogen (secondary N) is 1. The van der Waals surface area contributed by atoms with E-state index in [0.29, 0.717) is 6.54 Å². The number of aliphatic hydroxyl groups is 1. The number of hydrogen-bond acceptors (Lipinski definition) is 4. The van der Waals surface area contributed by atoms with E-state index in [9.17, 15) is 0 Å². The first-order valence-electron chi connectivity index (χ1n) is 5.13. The van der Waals surface area contributed by atoms with Gasteiger partial charge in [0.1, 0.15) is 0 Å². The molecule has 0 amide bonds. The van der Waals surface area contributed by atoms with Crippen LogP contribution in [0.2, 0.25) is 0 Å². The fourth-order valence-electron chi connectivity index (χ4n) is 1.48. The predicted octanol–water partition coefficient (Wildman–Crippen LogP) is 1.65. The first-order chi connectivity index (χ1) is 7.70. The van der Waals surface area contributed by atoms with Gasteiger partial charge in [0.2, 0.25) is 6.79 Å². The molecule has 0 saturated heterocycles. The fourth-order valence-corrected chi connectivity index (χ4v) is 2.08. The SMILES string of the molecule is CC(CO)NCc1cc(Br)c2c(c1)OCO2. The van der Waals surface area contributed by atoms with Crippen LogP contribution in [0.25, 0.3) is 0 Å². The van der Waals surface area contributed by atoms with Crippen molar-refractivity contribution in [3.63, 3.8) is 0 Å². The molecule has 5 heteroatoms. The largest absolute Gasteiger partial charge is 0.454 e. The van der Waals surface area contributed by atoms with Crippen molar-refractivity contribution < 1.29 is 14.6 Å². The number of hydrogen-bond donors (Lipinski definition) is 2. The molecule has 0 bridgehead atoms. The highest BCUT2D eigenvalue weighted by atomic mass is 79.9. The second-order valence-corrected chi connectivity index (χ2v) is 4.63. The lowest BCUT2D eigenvalue weighted by Gasteiger charge is -2.11. The van der Waals surface area contributed by atoms with E-state index >= 15 is 0 Å². The van der Waals surface area contributed by atoms with Crippen LogP contribution in [-0.2, 0) is 6.54 Å². The van der Waals surface area contributed by atoms with Crippen molar-refractivity contribution in [3.8, 4) is 11.5 Å². The van der Waals surface area contributed by atoms with Gasteiger partial charge in [0.05, 0.1) is 11.1 Å². The molecule has 0 saturated carbocycles. The minimum absolute atomic E-state index is 0.0872. The van der Waals surface area contributed by atoms with E-state index < -0.39 is 0 Å². The molecule has 0 fully saturated rings. The van der Waals surface area contributed by atoms with E-state index in [4.69, 9.17) is 14.6 Å². The van der Waals surface area contributed by atoms with Crippen molar-refractivity contribution in [1.29, 1.82) is 0 Å². The minimum Gasteiger partial charge on any atom is -0.454 e. The summed E-state index contributed by atoms with van der Waals surface area (Å²) in [5, 5.41) is 12.1. The lowest BCUT2D eigenvalue weighted by molar-refractivity contribution is 0.173. The number of rotatable bonds is 4. The van der Waals surface area contributed by atoms with Crippen LogP contribution in [0.3, 0.4) is 0 Å². The second-order valence-electron chi connectivity index (χ2n) is 3.78. The summed E-state index contributed by atoms with van der Waals surface area (Å²) in [5.41, 5.74) is 1.09. The Morgan fingerprint density at radius 2 is 2.31 bits per heavy atom. The van der Waals surface area contributed by atoms with Gasteiger partial charge in [-0.3, -0.25) is 0 Å². The van der Waals surface area contributed by atoms with Crippen molar-refractivity contribution >= 4 is 15.9 Å². The molecule has 2 rings (SSSR count). The minimum atomic E-state index is 0.0872. The van der Waals surface area contributed by atoms with Crippen LogP contribution in [0.15, 0.2) is 16.6 Å². The van der Waals surface area contributed by atoms with Crippen LogP contribution >= 0.6 is 15.9 Å². The summed E-state index contributed by atoms with van der Waals surface area (Å²) in [4.78, 5) is 0. The Hall–Kier alpha value is -0.780. The summed E-state index contributed by atoms with van der Waals surface area (Å²) in [6.45, 7) is 3.03. The van der Waals surface area contributed by atoms with Crippen LogP contribution in [0.5, 0.6) is 11.5 Å². The number of fused-ring (bicyclic) bond motifs is 1. The Kier molecular flexibility index (Phi) is 3.68. The molecule has 0 radical (unpaired) electrons. The van der Waals surface area contributed by atoms with Crippen molar-refractivity contribution in [2.24, 2.45) is 0 Å². The smallest absolute Gasteiger partial charge is 0.231 e. The van der Waals surface area contributed by atoms with Crippen LogP contribution in [-0.4, -0.2) is 24.5 Å². The molecule has 1 aromatic rings. The van der Waals surface area contributed by atoms with Crippen molar-refractivity contribution in [2.45, 2.75) is 19.5 Å². The monoisotopic (exact) mass is 287 g/mol. The highest BCUT2D eigenvalue weighted by Crippen LogP contribution is 2.39. The standard InChI is InChI=1S/C11H14BrNO3/c1-7(5-14)13-4-8-2-9(12)11-10(3-8)15-6-16-11/h2-3,7,13-14H,4-6H2,1H3. The summed E-state index contributed by atoms with van der Waals surface area (Å²) in [5.74, 6) is 1.53. The zero-order chi connectivity index (χ0) is 11.5. The summed E-state index contributed by atoms with van der Waals surface area (Å²) in [6.07, 6.45) is 0. The topological polar surface area (TPSA) is 50.7 Å². The zero-order valence-electron chi connectivity index (χ0n) is 9.00. The Balaban J connectivity index is 2.08. The average molecular weight is 288 g/mol. The van der Waals surface area contributed by atoms with E-state index in [1.807, 2.05) is 19.1 Å². The molecule has 1 heterocycles. The molecule has 1 aliphatic rings. The third-order valence-corrected chi connectivity index (χ3v) is 3.00. The average Bonchev–Trinajstić information content (AvgIpc) is 2.74. The third-order valence-electron chi connectivity index (χ3n) is 2.42. The van der Waals surface area contributed by atoms with E-state index in [1.54, 1.807) is 0 Å². The Morgan fingerprint density at radius 1 is 1.50 bits per heavy atom. The molecule has 16 heavy (non-hydrogen) atoms. The summed E-state index contributed by atoms with van der Waals surface area (Å²) in [7, 11) is 0. The zero-order valence-corrected chi connectivity index (χ0v) is 10.6. The van der Waals surface area contributed by atoms with Gasteiger partial charge in [-0.25, -0.2) is 0 Å². The Labute approximate surface area is 103 Å². The predicted molar refractivity (Wildman–Crippen MR) is 63.7 cm³/mol. The van der Waals surface area contributed by atoms with Crippen molar-refractivity contribution in [2.75, 3.05) is 13.4 Å². The first kappa shape index (κ1) is 11.7.